The quantitative estimate of drug-likeness (QED) is 0.232. The first-order chi connectivity index (χ1) is 12.5. The number of hydrogen-bond acceptors (Lipinski definition) is 8. The van der Waals surface area contributed by atoms with Crippen molar-refractivity contribution in [3.8, 4) is 0 Å². The maximum atomic E-state index is 13.0. The normalized spacial score (nSPS) is 48.0. The largest absolute Gasteiger partial charge is 0.632 e. The minimum absolute atomic E-state index is 0.165. The molecule has 7 atom stereocenters. The first-order valence-corrected chi connectivity index (χ1v) is 9.18. The van der Waals surface area contributed by atoms with Gasteiger partial charge in [0, 0.05) is 23.8 Å². The van der Waals surface area contributed by atoms with Gasteiger partial charge in [0.05, 0.1) is 19.7 Å². The Morgan fingerprint density at radius 1 is 1.26 bits per heavy atom. The molecular formula is C18H27NO8. The Bertz CT molecular complexity index is 676. The molecule has 2 unspecified atom stereocenters. The van der Waals surface area contributed by atoms with Crippen molar-refractivity contribution in [1.29, 1.82) is 0 Å². The number of aliphatic hydroxyl groups is 3. The van der Waals surface area contributed by atoms with Gasteiger partial charge in [-0.3, -0.25) is 0 Å². The summed E-state index contributed by atoms with van der Waals surface area (Å²) in [5.41, 5.74) is -3.80. The third-order valence-corrected chi connectivity index (χ3v) is 6.72. The number of hydrogen-bond donors (Lipinski definition) is 3. The number of carbonyl (C=O) groups is 2. The predicted molar refractivity (Wildman–Crippen MR) is 91.7 cm³/mol. The lowest BCUT2D eigenvalue weighted by Crippen LogP contribution is -2.58. The summed E-state index contributed by atoms with van der Waals surface area (Å²) in [7, 11) is 0. The number of ether oxygens (including phenoxy) is 2. The molecule has 152 valence electrons. The van der Waals surface area contributed by atoms with Crippen LogP contribution in [-0.2, 0) is 19.1 Å². The van der Waals surface area contributed by atoms with Crippen LogP contribution in [0.1, 0.15) is 27.2 Å². The number of cyclic esters (lactones) is 1. The number of esters is 2. The molecule has 0 bridgehead atoms. The lowest BCUT2D eigenvalue weighted by molar-refractivity contribution is -0.877. The number of nitrogens with zero attached hydrogens (tertiary/aromatic N) is 1. The highest BCUT2D eigenvalue weighted by Crippen LogP contribution is 2.40. The van der Waals surface area contributed by atoms with E-state index in [9.17, 15) is 30.1 Å². The van der Waals surface area contributed by atoms with Crippen LogP contribution in [0.25, 0.3) is 0 Å². The van der Waals surface area contributed by atoms with E-state index in [4.69, 9.17) is 9.47 Å². The van der Waals surface area contributed by atoms with Crippen molar-refractivity contribution in [2.75, 3.05) is 26.3 Å². The highest BCUT2D eigenvalue weighted by Gasteiger charge is 2.56. The van der Waals surface area contributed by atoms with E-state index in [1.165, 1.54) is 20.8 Å². The Labute approximate surface area is 157 Å². The van der Waals surface area contributed by atoms with Crippen LogP contribution in [0.5, 0.6) is 0 Å². The Hall–Kier alpha value is -1.52. The van der Waals surface area contributed by atoms with Gasteiger partial charge in [-0.05, 0) is 13.0 Å². The number of aliphatic hydroxyl groups excluding tert-OH is 1. The summed E-state index contributed by atoms with van der Waals surface area (Å²) in [6.07, 6.45) is 1.22. The van der Waals surface area contributed by atoms with Gasteiger partial charge in [0.1, 0.15) is 6.61 Å². The van der Waals surface area contributed by atoms with Crippen LogP contribution in [-0.4, -0.2) is 81.6 Å². The van der Waals surface area contributed by atoms with Crippen molar-refractivity contribution < 1.29 is 39.0 Å². The van der Waals surface area contributed by atoms with Crippen LogP contribution in [0, 0.1) is 17.0 Å². The fourth-order valence-electron chi connectivity index (χ4n) is 4.37. The van der Waals surface area contributed by atoms with E-state index in [0.29, 0.717) is 12.0 Å². The Morgan fingerprint density at radius 2 is 1.93 bits per heavy atom. The molecule has 3 aliphatic rings. The average Bonchev–Trinajstić information content (AvgIpc) is 3.12. The van der Waals surface area contributed by atoms with Crippen molar-refractivity contribution in [3.63, 3.8) is 0 Å². The van der Waals surface area contributed by atoms with Gasteiger partial charge in [-0.15, -0.1) is 0 Å². The molecule has 27 heavy (non-hydrogen) atoms. The van der Waals surface area contributed by atoms with Crippen molar-refractivity contribution in [2.45, 2.75) is 50.5 Å². The smallest absolute Gasteiger partial charge is 0.341 e. The molecule has 3 N–H and O–H groups in total. The van der Waals surface area contributed by atoms with Gasteiger partial charge in [-0.1, -0.05) is 13.8 Å². The Morgan fingerprint density at radius 3 is 2.56 bits per heavy atom. The summed E-state index contributed by atoms with van der Waals surface area (Å²) in [5.74, 6) is -3.93. The van der Waals surface area contributed by atoms with Crippen molar-refractivity contribution >= 4 is 11.9 Å². The SMILES string of the molecule is CC1[C@@H](C)[C@](O)(CO)C(=O)O[C@@H]2CC[N+]3([O-])CC=C(COC(=O)[C@]1(C)O)[C@H]23. The summed E-state index contributed by atoms with van der Waals surface area (Å²) in [4.78, 5) is 25.2. The van der Waals surface area contributed by atoms with E-state index >= 15 is 0 Å². The molecule has 0 amide bonds. The van der Waals surface area contributed by atoms with Gasteiger partial charge in [0.15, 0.2) is 23.3 Å². The van der Waals surface area contributed by atoms with E-state index in [2.05, 4.69) is 0 Å². The van der Waals surface area contributed by atoms with Gasteiger partial charge in [-0.25, -0.2) is 9.59 Å². The molecule has 0 saturated carbocycles. The molecular weight excluding hydrogens is 358 g/mol. The third kappa shape index (κ3) is 2.98. The standard InChI is InChI=1S/C18H27NO8/c1-10-11(2)18(24,9-20)16(22)27-13-5-7-19(25)6-4-12(14(13)19)8-26-15(21)17(10,3)23/h4,10-11,13-14,20,23-24H,5-9H2,1-3H3/t10?,11-,13-,14-,17-,18-,19?/m1/s1. The molecule has 0 aromatic heterocycles. The molecule has 0 radical (unpaired) electrons. The van der Waals surface area contributed by atoms with Crippen LogP contribution >= 0.6 is 0 Å². The lowest BCUT2D eigenvalue weighted by Gasteiger charge is -2.42. The van der Waals surface area contributed by atoms with Gasteiger partial charge in [0.2, 0.25) is 0 Å². The van der Waals surface area contributed by atoms with Crippen LogP contribution in [0.4, 0.5) is 0 Å². The van der Waals surface area contributed by atoms with Gasteiger partial charge < -0.3 is 34.6 Å². The molecule has 3 aliphatic heterocycles. The van der Waals surface area contributed by atoms with E-state index in [1.54, 1.807) is 6.08 Å². The summed E-state index contributed by atoms with van der Waals surface area (Å²) in [5, 5.41) is 44.2. The fraction of sp³-hybridized carbons (Fsp3) is 0.778. The molecule has 3 heterocycles. The molecule has 0 aromatic rings. The second-order valence-corrected chi connectivity index (χ2v) is 8.20. The van der Waals surface area contributed by atoms with E-state index < -0.39 is 58.4 Å². The topological polar surface area (TPSA) is 136 Å². The van der Waals surface area contributed by atoms with Crippen molar-refractivity contribution in [2.24, 2.45) is 11.8 Å². The number of carbonyl (C=O) groups excluding carboxylic acids is 2. The summed E-state index contributed by atoms with van der Waals surface area (Å²) in [6, 6.07) is -0.721. The second kappa shape index (κ2) is 6.52. The second-order valence-electron chi connectivity index (χ2n) is 8.20. The zero-order valence-electron chi connectivity index (χ0n) is 15.8. The minimum Gasteiger partial charge on any atom is -0.632 e. The lowest BCUT2D eigenvalue weighted by atomic mass is 9.73. The number of quaternary nitrogens is 1. The van der Waals surface area contributed by atoms with Gasteiger partial charge in [0.25, 0.3) is 0 Å². The third-order valence-electron chi connectivity index (χ3n) is 6.72. The van der Waals surface area contributed by atoms with Gasteiger partial charge >= 0.3 is 11.9 Å². The Kier molecular flexibility index (Phi) is 4.89. The van der Waals surface area contributed by atoms with Crippen molar-refractivity contribution in [1.82, 2.24) is 0 Å². The maximum Gasteiger partial charge on any atom is 0.341 e. The van der Waals surface area contributed by atoms with Gasteiger partial charge in [-0.2, -0.15) is 0 Å². The molecule has 3 rings (SSSR count). The first-order valence-electron chi connectivity index (χ1n) is 9.18. The number of hydroxylamine groups is 3. The zero-order chi connectivity index (χ0) is 20.2. The highest BCUT2D eigenvalue weighted by molar-refractivity contribution is 5.82. The summed E-state index contributed by atoms with van der Waals surface area (Å²) in [6.45, 7) is 3.47. The molecule has 0 aromatic carbocycles. The summed E-state index contributed by atoms with van der Waals surface area (Å²) < 4.78 is 10.1. The molecule has 0 aliphatic carbocycles. The van der Waals surface area contributed by atoms with Crippen LogP contribution in [0.15, 0.2) is 11.6 Å². The van der Waals surface area contributed by atoms with Crippen LogP contribution < -0.4 is 0 Å². The molecule has 0 spiro atoms. The predicted octanol–water partition coefficient (Wildman–Crippen LogP) is -0.771. The zero-order valence-corrected chi connectivity index (χ0v) is 15.8. The van der Waals surface area contributed by atoms with Crippen LogP contribution in [0.3, 0.4) is 0 Å². The van der Waals surface area contributed by atoms with Crippen LogP contribution in [0.2, 0.25) is 0 Å². The monoisotopic (exact) mass is 385 g/mol. The highest BCUT2D eigenvalue weighted by atomic mass is 16.6. The fourth-order valence-corrected chi connectivity index (χ4v) is 4.37. The molecule has 2 fully saturated rings. The first kappa shape index (κ1) is 20.2. The van der Waals surface area contributed by atoms with E-state index in [1.807, 2.05) is 0 Å². The van der Waals surface area contributed by atoms with E-state index in [0.717, 1.165) is 0 Å². The molecule has 9 heteroatoms. The molecule has 9 nitrogen and oxygen atoms in total. The van der Waals surface area contributed by atoms with Crippen molar-refractivity contribution in [3.05, 3.63) is 16.9 Å². The Balaban J connectivity index is 2.02. The average molecular weight is 385 g/mol. The molecule has 2 saturated heterocycles. The van der Waals surface area contributed by atoms with E-state index in [-0.39, 0.29) is 19.7 Å². The number of rotatable bonds is 1. The summed E-state index contributed by atoms with van der Waals surface area (Å²) >= 11 is 0. The minimum atomic E-state index is -2.33. The maximum absolute atomic E-state index is 13.0.